The summed E-state index contributed by atoms with van der Waals surface area (Å²) in [6.07, 6.45) is 12.4. The molecule has 0 aromatic carbocycles. The summed E-state index contributed by atoms with van der Waals surface area (Å²) >= 11 is 0. The van der Waals surface area contributed by atoms with E-state index in [2.05, 4.69) is 38.3 Å². The molecule has 32 heavy (non-hydrogen) atoms. The Morgan fingerprint density at radius 1 is 1.09 bits per heavy atom. The van der Waals surface area contributed by atoms with Gasteiger partial charge in [0.15, 0.2) is 0 Å². The van der Waals surface area contributed by atoms with Gasteiger partial charge in [-0.3, -0.25) is 4.79 Å². The number of carbonyl (C=O) groups is 1. The Morgan fingerprint density at radius 2 is 1.94 bits per heavy atom. The largest absolute Gasteiger partial charge is 0.369 e. The third kappa shape index (κ3) is 2.25. The minimum absolute atomic E-state index is 0.0436. The minimum Gasteiger partial charge on any atom is -0.369 e. The number of rotatable bonds is 0. The lowest BCUT2D eigenvalue weighted by molar-refractivity contribution is -0.130. The van der Waals surface area contributed by atoms with Crippen molar-refractivity contribution in [1.82, 2.24) is 10.6 Å². The van der Waals surface area contributed by atoms with Gasteiger partial charge < -0.3 is 15.4 Å². The zero-order valence-corrected chi connectivity index (χ0v) is 20.6. The maximum atomic E-state index is 12.2. The van der Waals surface area contributed by atoms with Crippen LogP contribution in [0.4, 0.5) is 0 Å². The van der Waals surface area contributed by atoms with Gasteiger partial charge in [0.2, 0.25) is 5.91 Å². The van der Waals surface area contributed by atoms with E-state index in [-0.39, 0.29) is 5.60 Å². The van der Waals surface area contributed by atoms with Crippen molar-refractivity contribution in [2.75, 3.05) is 6.54 Å². The van der Waals surface area contributed by atoms with Crippen LogP contribution in [0.2, 0.25) is 0 Å². The van der Waals surface area contributed by atoms with Gasteiger partial charge >= 0.3 is 0 Å². The van der Waals surface area contributed by atoms with Crippen molar-refractivity contribution >= 4 is 5.91 Å². The number of allylic oxidation sites excluding steroid dienone is 1. The number of hydrogen-bond acceptors (Lipinski definition) is 3. The van der Waals surface area contributed by atoms with Crippen LogP contribution in [0.15, 0.2) is 11.1 Å². The summed E-state index contributed by atoms with van der Waals surface area (Å²) in [5.41, 5.74) is 4.79. The lowest BCUT2D eigenvalue weighted by atomic mass is 9.56. The van der Waals surface area contributed by atoms with Gasteiger partial charge in [-0.2, -0.15) is 0 Å². The van der Waals surface area contributed by atoms with Gasteiger partial charge in [0.1, 0.15) is 0 Å². The van der Waals surface area contributed by atoms with Crippen LogP contribution in [0.5, 0.6) is 0 Å². The monoisotopic (exact) mass is 438 g/mol. The fourth-order valence-corrected chi connectivity index (χ4v) is 10.7. The third-order valence-electron chi connectivity index (χ3n) is 12.4. The first kappa shape index (κ1) is 20.5. The Labute approximate surface area is 193 Å². The molecule has 3 aliphatic heterocycles. The number of piperidine rings is 2. The van der Waals surface area contributed by atoms with Crippen molar-refractivity contribution < 1.29 is 9.53 Å². The highest BCUT2D eigenvalue weighted by Crippen LogP contribution is 2.88. The SMILES string of the molecule is CC1=C2CC34CC3(CCC3NC(=O)CCC34C)C2CCC2(C1)OC1CC(C)CNC1C2C. The Kier molecular flexibility index (Phi) is 3.98. The summed E-state index contributed by atoms with van der Waals surface area (Å²) in [6.45, 7) is 11.0. The lowest BCUT2D eigenvalue weighted by Gasteiger charge is -2.52. The normalized spacial score (nSPS) is 58.3. The maximum Gasteiger partial charge on any atom is 0.220 e. The maximum absolute atomic E-state index is 12.2. The molecule has 0 aromatic heterocycles. The minimum atomic E-state index is 0.0436. The van der Waals surface area contributed by atoms with Crippen LogP contribution in [0.1, 0.15) is 91.9 Å². The molecule has 0 bridgehead atoms. The molecule has 0 aromatic rings. The van der Waals surface area contributed by atoms with Gasteiger partial charge in [0.25, 0.3) is 0 Å². The highest BCUT2D eigenvalue weighted by Gasteiger charge is 2.83. The van der Waals surface area contributed by atoms with E-state index >= 15 is 0 Å². The lowest BCUT2D eigenvalue weighted by Crippen LogP contribution is -2.58. The fourth-order valence-electron chi connectivity index (χ4n) is 10.7. The van der Waals surface area contributed by atoms with Crippen molar-refractivity contribution in [3.63, 3.8) is 0 Å². The molecule has 2 N–H and O–H groups in total. The number of fused-ring (bicyclic) bond motifs is 3. The molecule has 7 rings (SSSR count). The molecule has 4 nitrogen and oxygen atoms in total. The quantitative estimate of drug-likeness (QED) is 0.538. The Balaban J connectivity index is 1.22. The molecular formula is C28H42N2O2. The first-order chi connectivity index (χ1) is 15.2. The fraction of sp³-hybridized carbons (Fsp3) is 0.893. The molecule has 7 aliphatic rings. The van der Waals surface area contributed by atoms with Gasteiger partial charge in [-0.15, -0.1) is 0 Å². The molecule has 0 radical (unpaired) electrons. The van der Waals surface area contributed by atoms with E-state index in [9.17, 15) is 4.79 Å². The van der Waals surface area contributed by atoms with E-state index in [4.69, 9.17) is 4.74 Å². The molecule has 3 heterocycles. The molecule has 3 saturated carbocycles. The molecule has 10 atom stereocenters. The van der Waals surface area contributed by atoms with E-state index in [0.29, 0.717) is 46.3 Å². The van der Waals surface area contributed by atoms with Crippen LogP contribution < -0.4 is 10.6 Å². The third-order valence-corrected chi connectivity index (χ3v) is 12.4. The molecule has 10 unspecified atom stereocenters. The first-order valence-corrected chi connectivity index (χ1v) is 13.6. The Hall–Kier alpha value is -0.870. The number of amides is 1. The van der Waals surface area contributed by atoms with Gasteiger partial charge in [0.05, 0.1) is 11.7 Å². The van der Waals surface area contributed by atoms with Crippen LogP contribution in [0.3, 0.4) is 0 Å². The summed E-state index contributed by atoms with van der Waals surface area (Å²) in [6, 6.07) is 0.948. The Bertz CT molecular complexity index is 913. The van der Waals surface area contributed by atoms with Gasteiger partial charge in [-0.25, -0.2) is 0 Å². The standard InChI is InChI=1S/C28H42N2O2/c1-16-11-21-24(29-14-16)18(3)27(32-21)10-5-20-19(17(2)12-27)13-28-15-26(20,28)9-6-22-25(28,4)8-7-23(31)30-22/h16,18,20-22,24,29H,5-15H2,1-4H3,(H,30,31). The molecule has 1 spiro atoms. The van der Waals surface area contributed by atoms with E-state index in [1.807, 2.05) is 5.57 Å². The number of ether oxygens (including phenoxy) is 1. The second-order valence-corrected chi connectivity index (χ2v) is 13.5. The molecule has 6 fully saturated rings. The summed E-state index contributed by atoms with van der Waals surface area (Å²) in [5, 5.41) is 7.28. The Morgan fingerprint density at radius 3 is 2.78 bits per heavy atom. The van der Waals surface area contributed by atoms with Crippen LogP contribution >= 0.6 is 0 Å². The summed E-state index contributed by atoms with van der Waals surface area (Å²) < 4.78 is 7.05. The van der Waals surface area contributed by atoms with Crippen LogP contribution in [0, 0.1) is 34.0 Å². The first-order valence-electron chi connectivity index (χ1n) is 13.6. The molecule has 4 aliphatic carbocycles. The van der Waals surface area contributed by atoms with Crippen molar-refractivity contribution in [2.24, 2.45) is 34.0 Å². The molecule has 3 saturated heterocycles. The van der Waals surface area contributed by atoms with Crippen LogP contribution in [-0.2, 0) is 9.53 Å². The van der Waals surface area contributed by atoms with Crippen molar-refractivity contribution in [3.05, 3.63) is 11.1 Å². The predicted molar refractivity (Wildman–Crippen MR) is 125 cm³/mol. The summed E-state index contributed by atoms with van der Waals surface area (Å²) in [7, 11) is 0. The number of carbonyl (C=O) groups excluding carboxylic acids is 1. The van der Waals surface area contributed by atoms with Gasteiger partial charge in [-0.1, -0.05) is 31.9 Å². The average Bonchev–Trinajstić information content (AvgIpc) is 3.29. The second-order valence-electron chi connectivity index (χ2n) is 13.5. The number of hydrogen-bond donors (Lipinski definition) is 2. The smallest absolute Gasteiger partial charge is 0.220 e. The zero-order chi connectivity index (χ0) is 22.1. The highest BCUT2D eigenvalue weighted by molar-refractivity contribution is 5.77. The highest BCUT2D eigenvalue weighted by atomic mass is 16.5. The van der Waals surface area contributed by atoms with Gasteiger partial charge in [0, 0.05) is 24.4 Å². The molecule has 176 valence electrons. The van der Waals surface area contributed by atoms with Crippen molar-refractivity contribution in [1.29, 1.82) is 0 Å². The summed E-state index contributed by atoms with van der Waals surface area (Å²) in [4.78, 5) is 12.2. The topological polar surface area (TPSA) is 50.4 Å². The van der Waals surface area contributed by atoms with Crippen LogP contribution in [0.25, 0.3) is 0 Å². The van der Waals surface area contributed by atoms with E-state index < -0.39 is 0 Å². The molecule has 4 heteroatoms. The second kappa shape index (κ2) is 6.22. The average molecular weight is 439 g/mol. The molecular weight excluding hydrogens is 396 g/mol. The molecule has 1 amide bonds. The van der Waals surface area contributed by atoms with Crippen LogP contribution in [-0.4, -0.2) is 36.2 Å². The van der Waals surface area contributed by atoms with E-state index in [1.54, 1.807) is 5.57 Å². The summed E-state index contributed by atoms with van der Waals surface area (Å²) in [5.74, 6) is 2.37. The predicted octanol–water partition coefficient (Wildman–Crippen LogP) is 4.73. The number of nitrogens with one attached hydrogen (secondary N) is 2. The van der Waals surface area contributed by atoms with Crippen molar-refractivity contribution in [3.8, 4) is 0 Å². The van der Waals surface area contributed by atoms with E-state index in [0.717, 1.165) is 37.6 Å². The van der Waals surface area contributed by atoms with Crippen molar-refractivity contribution in [2.45, 2.75) is 116 Å². The van der Waals surface area contributed by atoms with E-state index in [1.165, 1.54) is 44.9 Å². The van der Waals surface area contributed by atoms with Gasteiger partial charge in [-0.05, 0) is 99.3 Å². The zero-order valence-electron chi connectivity index (χ0n) is 20.6.